The lowest BCUT2D eigenvalue weighted by molar-refractivity contribution is -0.118. The molecule has 0 saturated carbocycles. The molecule has 2 rings (SSSR count). The molecule has 0 aliphatic carbocycles. The fraction of sp³-hybridized carbons (Fsp3) is 0.333. The highest BCUT2D eigenvalue weighted by Gasteiger charge is 2.40. The van der Waals surface area contributed by atoms with E-state index in [1.807, 2.05) is 0 Å². The van der Waals surface area contributed by atoms with Crippen LogP contribution in [0, 0.1) is 0 Å². The number of rotatable bonds is 7. The van der Waals surface area contributed by atoms with E-state index in [9.17, 15) is 40.9 Å². The first kappa shape index (κ1) is 20.7. The molecule has 2 aromatic rings. The maximum atomic E-state index is 10.6. The van der Waals surface area contributed by atoms with E-state index in [2.05, 4.69) is 0 Å². The van der Waals surface area contributed by atoms with Crippen LogP contribution in [0.2, 0.25) is 0 Å². The molecule has 0 radical (unpaired) electrons. The van der Waals surface area contributed by atoms with Crippen molar-refractivity contribution in [2.24, 2.45) is 0 Å². The minimum Gasteiger partial charge on any atom is -0.508 e. The Morgan fingerprint density at radius 2 is 0.963 bits per heavy atom. The second kappa shape index (κ2) is 8.42. The fourth-order valence-electron chi connectivity index (χ4n) is 2.94. The second-order valence-electron chi connectivity index (χ2n) is 6.12. The first-order chi connectivity index (χ1) is 12.7. The lowest BCUT2D eigenvalue weighted by Gasteiger charge is -2.32. The fourth-order valence-corrected chi connectivity index (χ4v) is 2.94. The Hall–Kier alpha value is -2.56. The molecule has 0 aliphatic heterocycles. The molecule has 9 heteroatoms. The summed E-state index contributed by atoms with van der Waals surface area (Å²) in [5.74, 6) is -3.63. The molecular formula is C18H22O9. The highest BCUT2D eigenvalue weighted by atomic mass is 16.4. The Balaban J connectivity index is 2.64. The third-order valence-electron chi connectivity index (χ3n) is 4.36. The molecule has 9 nitrogen and oxygen atoms in total. The summed E-state index contributed by atoms with van der Waals surface area (Å²) in [5, 5.41) is 89.9. The van der Waals surface area contributed by atoms with E-state index < -0.39 is 59.9 Å². The SMILES string of the molecule is OC[C@H](O)[C@H](O)[C@@H](O)[C@H](O)C(c1c(O)cccc1O)c1c(O)cccc1O. The highest BCUT2D eigenvalue weighted by molar-refractivity contribution is 5.56. The Kier molecular flexibility index (Phi) is 6.47. The summed E-state index contributed by atoms with van der Waals surface area (Å²) in [5.41, 5.74) is -0.655. The summed E-state index contributed by atoms with van der Waals surface area (Å²) in [4.78, 5) is 0. The van der Waals surface area contributed by atoms with E-state index in [0.29, 0.717) is 0 Å². The molecule has 0 unspecified atom stereocenters. The number of aliphatic hydroxyl groups is 5. The van der Waals surface area contributed by atoms with Crippen molar-refractivity contribution in [2.45, 2.75) is 30.3 Å². The van der Waals surface area contributed by atoms with E-state index >= 15 is 0 Å². The van der Waals surface area contributed by atoms with Gasteiger partial charge in [-0.2, -0.15) is 0 Å². The predicted octanol–water partition coefficient (Wildman–Crippen LogP) is -0.923. The highest BCUT2D eigenvalue weighted by Crippen LogP contribution is 2.46. The quantitative estimate of drug-likeness (QED) is 0.292. The van der Waals surface area contributed by atoms with Gasteiger partial charge in [0.25, 0.3) is 0 Å². The molecule has 0 fully saturated rings. The predicted molar refractivity (Wildman–Crippen MR) is 92.5 cm³/mol. The molecule has 2 aromatic carbocycles. The zero-order valence-electron chi connectivity index (χ0n) is 14.1. The van der Waals surface area contributed by atoms with Gasteiger partial charge in [0, 0.05) is 11.1 Å². The summed E-state index contributed by atoms with van der Waals surface area (Å²) in [6.07, 6.45) is -7.87. The van der Waals surface area contributed by atoms with Gasteiger partial charge in [0.2, 0.25) is 0 Å². The lowest BCUT2D eigenvalue weighted by Crippen LogP contribution is -2.48. The number of aliphatic hydroxyl groups excluding tert-OH is 5. The average molecular weight is 382 g/mol. The van der Waals surface area contributed by atoms with Gasteiger partial charge in [-0.15, -0.1) is 0 Å². The van der Waals surface area contributed by atoms with Gasteiger partial charge in [0.15, 0.2) is 0 Å². The zero-order valence-corrected chi connectivity index (χ0v) is 14.1. The number of benzene rings is 2. The first-order valence-electron chi connectivity index (χ1n) is 8.05. The molecule has 9 N–H and O–H groups in total. The summed E-state index contributed by atoms with van der Waals surface area (Å²) in [6, 6.07) is 7.33. The number of hydrogen-bond acceptors (Lipinski definition) is 9. The molecule has 0 bridgehead atoms. The molecule has 0 aliphatic rings. The molecule has 0 spiro atoms. The van der Waals surface area contributed by atoms with Crippen molar-refractivity contribution in [1.29, 1.82) is 0 Å². The molecular weight excluding hydrogens is 360 g/mol. The Morgan fingerprint density at radius 1 is 0.593 bits per heavy atom. The first-order valence-corrected chi connectivity index (χ1v) is 8.05. The van der Waals surface area contributed by atoms with Crippen LogP contribution < -0.4 is 0 Å². The van der Waals surface area contributed by atoms with Crippen LogP contribution in [0.1, 0.15) is 17.0 Å². The average Bonchev–Trinajstić information content (AvgIpc) is 2.63. The largest absolute Gasteiger partial charge is 0.508 e. The van der Waals surface area contributed by atoms with E-state index in [0.717, 1.165) is 0 Å². The summed E-state index contributed by atoms with van der Waals surface area (Å²) < 4.78 is 0. The van der Waals surface area contributed by atoms with Crippen LogP contribution in [-0.2, 0) is 0 Å². The third-order valence-corrected chi connectivity index (χ3v) is 4.36. The van der Waals surface area contributed by atoms with Crippen molar-refractivity contribution in [2.75, 3.05) is 6.61 Å². The molecule has 148 valence electrons. The molecule has 27 heavy (non-hydrogen) atoms. The van der Waals surface area contributed by atoms with Crippen molar-refractivity contribution >= 4 is 0 Å². The molecule has 0 saturated heterocycles. The minimum atomic E-state index is -2.07. The van der Waals surface area contributed by atoms with E-state index in [1.165, 1.54) is 36.4 Å². The maximum absolute atomic E-state index is 10.6. The minimum absolute atomic E-state index is 0.327. The van der Waals surface area contributed by atoms with Crippen molar-refractivity contribution in [3.05, 3.63) is 47.5 Å². The number of hydrogen-bond donors (Lipinski definition) is 9. The second-order valence-corrected chi connectivity index (χ2v) is 6.12. The van der Waals surface area contributed by atoms with Crippen LogP contribution in [0.3, 0.4) is 0 Å². The molecule has 0 amide bonds. The van der Waals surface area contributed by atoms with Gasteiger partial charge in [0.1, 0.15) is 41.3 Å². The van der Waals surface area contributed by atoms with Crippen LogP contribution in [0.5, 0.6) is 23.0 Å². The molecule has 4 atom stereocenters. The van der Waals surface area contributed by atoms with Crippen LogP contribution in [-0.4, -0.2) is 77.0 Å². The Bertz CT molecular complexity index is 687. The zero-order chi connectivity index (χ0) is 20.3. The number of phenols is 4. The Labute approximate surface area is 154 Å². The smallest absolute Gasteiger partial charge is 0.123 e. The van der Waals surface area contributed by atoms with Crippen molar-refractivity contribution in [3.63, 3.8) is 0 Å². The van der Waals surface area contributed by atoms with Gasteiger partial charge in [-0.1, -0.05) is 12.1 Å². The van der Waals surface area contributed by atoms with Crippen LogP contribution in [0.15, 0.2) is 36.4 Å². The van der Waals surface area contributed by atoms with Gasteiger partial charge in [-0.3, -0.25) is 0 Å². The van der Waals surface area contributed by atoms with Crippen molar-refractivity contribution in [1.82, 2.24) is 0 Å². The van der Waals surface area contributed by atoms with Gasteiger partial charge >= 0.3 is 0 Å². The van der Waals surface area contributed by atoms with Crippen LogP contribution in [0.4, 0.5) is 0 Å². The van der Waals surface area contributed by atoms with Crippen molar-refractivity contribution < 1.29 is 46.0 Å². The van der Waals surface area contributed by atoms with Gasteiger partial charge < -0.3 is 46.0 Å². The van der Waals surface area contributed by atoms with E-state index in [-0.39, 0.29) is 11.1 Å². The maximum Gasteiger partial charge on any atom is 0.123 e. The van der Waals surface area contributed by atoms with Gasteiger partial charge in [0.05, 0.1) is 18.6 Å². The van der Waals surface area contributed by atoms with Gasteiger partial charge in [-0.05, 0) is 24.3 Å². The summed E-state index contributed by atoms with van der Waals surface area (Å²) >= 11 is 0. The van der Waals surface area contributed by atoms with Gasteiger partial charge in [-0.25, -0.2) is 0 Å². The summed E-state index contributed by atoms with van der Waals surface area (Å²) in [7, 11) is 0. The van der Waals surface area contributed by atoms with Crippen molar-refractivity contribution in [3.8, 4) is 23.0 Å². The molecule has 0 heterocycles. The van der Waals surface area contributed by atoms with E-state index in [1.54, 1.807) is 0 Å². The Morgan fingerprint density at radius 3 is 1.30 bits per heavy atom. The molecule has 0 aromatic heterocycles. The number of phenolic OH excluding ortho intramolecular Hbond substituents is 4. The monoisotopic (exact) mass is 382 g/mol. The summed E-state index contributed by atoms with van der Waals surface area (Å²) in [6.45, 7) is -0.903. The lowest BCUT2D eigenvalue weighted by atomic mass is 9.80. The third kappa shape index (κ3) is 4.07. The van der Waals surface area contributed by atoms with Crippen LogP contribution >= 0.6 is 0 Å². The topological polar surface area (TPSA) is 182 Å². The van der Waals surface area contributed by atoms with E-state index in [4.69, 9.17) is 5.11 Å². The normalized spacial score (nSPS) is 16.1. The van der Waals surface area contributed by atoms with Crippen LogP contribution in [0.25, 0.3) is 0 Å². The standard InChI is InChI=1S/C18H22O9/c19-7-12(24)16(25)18(27)17(26)15(13-8(20)3-1-4-9(13)21)14-10(22)5-2-6-11(14)23/h1-6,12,15-27H,7H2/t12-,16-,17+,18+/m0/s1. The number of aromatic hydroxyl groups is 4.